The van der Waals surface area contributed by atoms with E-state index in [0.29, 0.717) is 12.1 Å². The molecule has 0 saturated heterocycles. The van der Waals surface area contributed by atoms with Gasteiger partial charge in [0.05, 0.1) is 17.4 Å². The number of rotatable bonds is 4. The van der Waals surface area contributed by atoms with Crippen LogP contribution in [-0.2, 0) is 4.74 Å². The summed E-state index contributed by atoms with van der Waals surface area (Å²) in [7, 11) is 1.70. The summed E-state index contributed by atoms with van der Waals surface area (Å²) in [5.41, 5.74) is 0.430. The topological polar surface area (TPSA) is 67.0 Å². The number of ether oxygens (including phenoxy) is 1. The van der Waals surface area contributed by atoms with Crippen molar-refractivity contribution in [3.63, 3.8) is 0 Å². The predicted molar refractivity (Wildman–Crippen MR) is 54.5 cm³/mol. The minimum atomic E-state index is -0.126. The average molecular weight is 209 g/mol. The molecule has 5 heteroatoms. The zero-order valence-electron chi connectivity index (χ0n) is 8.75. The molecule has 2 rings (SSSR count). The molecule has 1 aromatic heterocycles. The highest BCUT2D eigenvalue weighted by molar-refractivity contribution is 5.93. The molecular formula is C10H15N3O2. The normalized spacial score (nSPS) is 18.2. The third-order valence-corrected chi connectivity index (χ3v) is 3.03. The van der Waals surface area contributed by atoms with Gasteiger partial charge < -0.3 is 10.1 Å². The molecule has 0 bridgehead atoms. The highest BCUT2D eigenvalue weighted by atomic mass is 16.5. The Morgan fingerprint density at radius 2 is 2.53 bits per heavy atom. The van der Waals surface area contributed by atoms with Crippen LogP contribution in [0.4, 0.5) is 0 Å². The van der Waals surface area contributed by atoms with E-state index in [1.165, 1.54) is 12.6 Å². The Labute approximate surface area is 88.2 Å². The average Bonchev–Trinajstić information content (AvgIpc) is 2.69. The fourth-order valence-electron chi connectivity index (χ4n) is 1.74. The van der Waals surface area contributed by atoms with Gasteiger partial charge in [-0.3, -0.25) is 9.89 Å². The highest BCUT2D eigenvalue weighted by Crippen LogP contribution is 2.34. The maximum Gasteiger partial charge on any atom is 0.254 e. The number of hydrogen-bond acceptors (Lipinski definition) is 3. The van der Waals surface area contributed by atoms with Crippen LogP contribution >= 0.6 is 0 Å². The van der Waals surface area contributed by atoms with Gasteiger partial charge in [-0.2, -0.15) is 5.10 Å². The van der Waals surface area contributed by atoms with E-state index in [0.717, 1.165) is 12.8 Å². The Hall–Kier alpha value is -1.36. The number of carbonyl (C=O) groups is 1. The van der Waals surface area contributed by atoms with Crippen molar-refractivity contribution in [2.75, 3.05) is 13.7 Å². The van der Waals surface area contributed by atoms with E-state index < -0.39 is 0 Å². The van der Waals surface area contributed by atoms with Crippen molar-refractivity contribution in [1.82, 2.24) is 15.5 Å². The van der Waals surface area contributed by atoms with E-state index in [-0.39, 0.29) is 11.5 Å². The maximum atomic E-state index is 11.6. The second-order valence-corrected chi connectivity index (χ2v) is 3.91. The Balaban J connectivity index is 1.85. The summed E-state index contributed by atoms with van der Waals surface area (Å²) in [5, 5.41) is 9.19. The molecule has 0 radical (unpaired) electrons. The lowest BCUT2D eigenvalue weighted by Crippen LogP contribution is -2.49. The van der Waals surface area contributed by atoms with Gasteiger partial charge in [0.25, 0.3) is 5.91 Å². The van der Waals surface area contributed by atoms with Gasteiger partial charge >= 0.3 is 0 Å². The third-order valence-electron chi connectivity index (χ3n) is 3.03. The standard InChI is InChI=1S/C10H15N3O2/c1-15-10(3-2-4-10)7-11-9(14)8-5-12-13-6-8/h5-6H,2-4,7H2,1H3,(H,11,14)(H,12,13). The van der Waals surface area contributed by atoms with Crippen LogP contribution in [0.3, 0.4) is 0 Å². The molecule has 0 aliphatic heterocycles. The molecule has 0 aromatic carbocycles. The van der Waals surface area contributed by atoms with Crippen LogP contribution in [0.5, 0.6) is 0 Å². The minimum Gasteiger partial charge on any atom is -0.376 e. The van der Waals surface area contributed by atoms with Gasteiger partial charge in [-0.05, 0) is 19.3 Å². The molecule has 82 valence electrons. The molecule has 15 heavy (non-hydrogen) atoms. The molecule has 0 unspecified atom stereocenters. The number of amides is 1. The van der Waals surface area contributed by atoms with Crippen LogP contribution in [0.25, 0.3) is 0 Å². The molecule has 0 atom stereocenters. The SMILES string of the molecule is COC1(CNC(=O)c2cn[nH]c2)CCC1. The van der Waals surface area contributed by atoms with Gasteiger partial charge in [0.1, 0.15) is 0 Å². The fourth-order valence-corrected chi connectivity index (χ4v) is 1.74. The third kappa shape index (κ3) is 2.02. The largest absolute Gasteiger partial charge is 0.376 e. The van der Waals surface area contributed by atoms with Crippen LogP contribution in [0.15, 0.2) is 12.4 Å². The first-order valence-corrected chi connectivity index (χ1v) is 5.08. The number of aromatic nitrogens is 2. The summed E-state index contributed by atoms with van der Waals surface area (Å²) < 4.78 is 5.40. The van der Waals surface area contributed by atoms with Gasteiger partial charge in [0, 0.05) is 19.9 Å². The molecule has 0 spiro atoms. The fraction of sp³-hybridized carbons (Fsp3) is 0.600. The van der Waals surface area contributed by atoms with Crippen LogP contribution in [0, 0.1) is 0 Å². The molecule has 1 aliphatic carbocycles. The monoisotopic (exact) mass is 209 g/mol. The molecule has 5 nitrogen and oxygen atoms in total. The van der Waals surface area contributed by atoms with Crippen molar-refractivity contribution in [1.29, 1.82) is 0 Å². The van der Waals surface area contributed by atoms with Crippen molar-refractivity contribution in [2.45, 2.75) is 24.9 Å². The van der Waals surface area contributed by atoms with Crippen molar-refractivity contribution in [2.24, 2.45) is 0 Å². The summed E-state index contributed by atoms with van der Waals surface area (Å²) in [6.07, 6.45) is 6.31. The van der Waals surface area contributed by atoms with Gasteiger partial charge in [-0.15, -0.1) is 0 Å². The van der Waals surface area contributed by atoms with Crippen molar-refractivity contribution in [3.8, 4) is 0 Å². The van der Waals surface area contributed by atoms with Gasteiger partial charge in [-0.1, -0.05) is 0 Å². The number of methoxy groups -OCH3 is 1. The van der Waals surface area contributed by atoms with Gasteiger partial charge in [0.15, 0.2) is 0 Å². The second kappa shape index (κ2) is 4.02. The van der Waals surface area contributed by atoms with Crippen LogP contribution in [-0.4, -0.2) is 35.4 Å². The lowest BCUT2D eigenvalue weighted by Gasteiger charge is -2.40. The molecule has 1 amide bonds. The van der Waals surface area contributed by atoms with Gasteiger partial charge in [0.2, 0.25) is 0 Å². The summed E-state index contributed by atoms with van der Waals surface area (Å²) in [5.74, 6) is -0.105. The number of hydrogen-bond donors (Lipinski definition) is 2. The Morgan fingerprint density at radius 3 is 3.00 bits per heavy atom. The zero-order chi connectivity index (χ0) is 10.7. The Bertz CT molecular complexity index is 325. The number of aromatic amines is 1. The lowest BCUT2D eigenvalue weighted by atomic mass is 9.80. The lowest BCUT2D eigenvalue weighted by molar-refractivity contribution is -0.0679. The van der Waals surface area contributed by atoms with Gasteiger partial charge in [-0.25, -0.2) is 0 Å². The first-order chi connectivity index (χ1) is 7.26. The smallest absolute Gasteiger partial charge is 0.254 e. The van der Waals surface area contributed by atoms with E-state index in [4.69, 9.17) is 4.74 Å². The molecule has 1 aliphatic rings. The van der Waals surface area contributed by atoms with Crippen molar-refractivity contribution < 1.29 is 9.53 Å². The molecule has 1 aromatic rings. The Morgan fingerprint density at radius 1 is 1.73 bits per heavy atom. The van der Waals surface area contributed by atoms with E-state index in [1.54, 1.807) is 13.3 Å². The number of nitrogens with zero attached hydrogens (tertiary/aromatic N) is 1. The maximum absolute atomic E-state index is 11.6. The van der Waals surface area contributed by atoms with Crippen LogP contribution in [0.1, 0.15) is 29.6 Å². The van der Waals surface area contributed by atoms with Crippen molar-refractivity contribution >= 4 is 5.91 Å². The first kappa shape index (κ1) is 10.2. The summed E-state index contributed by atoms with van der Waals surface area (Å²) in [6, 6.07) is 0. The van der Waals surface area contributed by atoms with Crippen LogP contribution in [0.2, 0.25) is 0 Å². The number of nitrogens with one attached hydrogen (secondary N) is 2. The minimum absolute atomic E-state index is 0.105. The zero-order valence-corrected chi connectivity index (χ0v) is 8.75. The molecular weight excluding hydrogens is 194 g/mol. The Kier molecular flexibility index (Phi) is 2.73. The van der Waals surface area contributed by atoms with E-state index >= 15 is 0 Å². The molecule has 1 fully saturated rings. The number of carbonyl (C=O) groups excluding carboxylic acids is 1. The predicted octanol–water partition coefficient (Wildman–Crippen LogP) is 0.709. The van der Waals surface area contributed by atoms with E-state index in [2.05, 4.69) is 15.5 Å². The van der Waals surface area contributed by atoms with Crippen molar-refractivity contribution in [3.05, 3.63) is 18.0 Å². The molecule has 1 heterocycles. The van der Waals surface area contributed by atoms with Crippen LogP contribution < -0.4 is 5.32 Å². The molecule has 2 N–H and O–H groups in total. The summed E-state index contributed by atoms with van der Waals surface area (Å²) in [4.78, 5) is 11.6. The summed E-state index contributed by atoms with van der Waals surface area (Å²) in [6.45, 7) is 0.577. The van der Waals surface area contributed by atoms with E-state index in [9.17, 15) is 4.79 Å². The highest BCUT2D eigenvalue weighted by Gasteiger charge is 2.37. The molecule has 1 saturated carbocycles. The number of H-pyrrole nitrogens is 1. The first-order valence-electron chi connectivity index (χ1n) is 5.08. The quantitative estimate of drug-likeness (QED) is 0.767. The summed E-state index contributed by atoms with van der Waals surface area (Å²) >= 11 is 0. The van der Waals surface area contributed by atoms with E-state index in [1.807, 2.05) is 0 Å². The second-order valence-electron chi connectivity index (χ2n) is 3.91.